The number of hydrogen-bond acceptors (Lipinski definition) is 1. The van der Waals surface area contributed by atoms with Gasteiger partial charge in [-0.15, -0.1) is 0 Å². The second-order valence-electron chi connectivity index (χ2n) is 6.12. The average Bonchev–Trinajstić information content (AvgIpc) is 2.80. The van der Waals surface area contributed by atoms with E-state index in [1.54, 1.807) is 0 Å². The molecule has 3 nitrogen and oxygen atoms in total. The van der Waals surface area contributed by atoms with Crippen molar-refractivity contribution in [2.24, 2.45) is 0 Å². The molecule has 0 N–H and O–H groups in total. The fourth-order valence-electron chi connectivity index (χ4n) is 3.43. The number of anilines is 2. The Hall–Kier alpha value is -2.29. The molecule has 0 atom stereocenters. The van der Waals surface area contributed by atoms with E-state index < -0.39 is 0 Å². The Balaban J connectivity index is 1.97. The highest BCUT2D eigenvalue weighted by Gasteiger charge is 2.32. The van der Waals surface area contributed by atoms with E-state index in [1.807, 2.05) is 41.0 Å². The second kappa shape index (κ2) is 5.48. The molecule has 0 aromatic heterocycles. The van der Waals surface area contributed by atoms with Crippen molar-refractivity contribution in [1.29, 1.82) is 0 Å². The van der Waals surface area contributed by atoms with Crippen molar-refractivity contribution >= 4 is 17.4 Å². The number of urea groups is 1. The third-order valence-corrected chi connectivity index (χ3v) is 4.32. The standard InChI is InChI=1S/C19H22N2O/c1-13-11-15(3)18(16(4)12-13)21-10-9-20(19(21)22)17-8-6-5-7-14(17)2/h5-8,11-12H,9-10H2,1-4H3. The Morgan fingerprint density at radius 2 is 1.41 bits per heavy atom. The van der Waals surface area contributed by atoms with Crippen molar-refractivity contribution < 1.29 is 4.79 Å². The lowest BCUT2D eigenvalue weighted by Gasteiger charge is -2.23. The topological polar surface area (TPSA) is 23.6 Å². The summed E-state index contributed by atoms with van der Waals surface area (Å²) in [4.78, 5) is 16.7. The molecule has 114 valence electrons. The van der Waals surface area contributed by atoms with Crippen LogP contribution in [0.1, 0.15) is 22.3 Å². The first-order valence-corrected chi connectivity index (χ1v) is 7.71. The summed E-state index contributed by atoms with van der Waals surface area (Å²) in [7, 11) is 0. The molecule has 0 unspecified atom stereocenters. The quantitative estimate of drug-likeness (QED) is 0.807. The van der Waals surface area contributed by atoms with Gasteiger partial charge in [0.25, 0.3) is 0 Å². The largest absolute Gasteiger partial charge is 0.329 e. The van der Waals surface area contributed by atoms with E-state index in [0.717, 1.165) is 41.2 Å². The lowest BCUT2D eigenvalue weighted by molar-refractivity contribution is 0.255. The van der Waals surface area contributed by atoms with Crippen molar-refractivity contribution in [2.75, 3.05) is 22.9 Å². The predicted molar refractivity (Wildman–Crippen MR) is 91.9 cm³/mol. The van der Waals surface area contributed by atoms with Crippen LogP contribution in [0.3, 0.4) is 0 Å². The zero-order valence-corrected chi connectivity index (χ0v) is 13.7. The Kier molecular flexibility index (Phi) is 3.65. The molecule has 0 saturated carbocycles. The number of carbonyl (C=O) groups is 1. The number of nitrogens with zero attached hydrogens (tertiary/aromatic N) is 2. The van der Waals surface area contributed by atoms with Gasteiger partial charge in [0.05, 0.1) is 5.69 Å². The number of benzene rings is 2. The summed E-state index contributed by atoms with van der Waals surface area (Å²) in [6, 6.07) is 12.4. The number of amides is 2. The van der Waals surface area contributed by atoms with E-state index >= 15 is 0 Å². The maximum atomic E-state index is 12.9. The zero-order valence-electron chi connectivity index (χ0n) is 13.7. The van der Waals surface area contributed by atoms with Gasteiger partial charge in [0.15, 0.2) is 0 Å². The monoisotopic (exact) mass is 294 g/mol. The van der Waals surface area contributed by atoms with Gasteiger partial charge in [0, 0.05) is 18.8 Å². The van der Waals surface area contributed by atoms with Crippen LogP contribution in [0.25, 0.3) is 0 Å². The average molecular weight is 294 g/mol. The molecule has 1 saturated heterocycles. The van der Waals surface area contributed by atoms with Crippen LogP contribution in [0.4, 0.5) is 16.2 Å². The van der Waals surface area contributed by atoms with Gasteiger partial charge < -0.3 is 0 Å². The summed E-state index contributed by atoms with van der Waals surface area (Å²) in [6.07, 6.45) is 0. The molecule has 22 heavy (non-hydrogen) atoms. The lowest BCUT2D eigenvalue weighted by atomic mass is 10.0. The van der Waals surface area contributed by atoms with Crippen molar-refractivity contribution in [3.63, 3.8) is 0 Å². The number of rotatable bonds is 2. The molecule has 2 aromatic rings. The molecular weight excluding hydrogens is 272 g/mol. The number of para-hydroxylation sites is 1. The number of hydrogen-bond donors (Lipinski definition) is 0. The van der Waals surface area contributed by atoms with Gasteiger partial charge >= 0.3 is 6.03 Å². The van der Waals surface area contributed by atoms with Crippen LogP contribution in [0.2, 0.25) is 0 Å². The van der Waals surface area contributed by atoms with Crippen LogP contribution in [0, 0.1) is 27.7 Å². The third kappa shape index (κ3) is 2.37. The molecule has 3 rings (SSSR count). The van der Waals surface area contributed by atoms with Crippen molar-refractivity contribution in [3.05, 3.63) is 58.7 Å². The third-order valence-electron chi connectivity index (χ3n) is 4.32. The Labute approximate surface area is 132 Å². The molecule has 2 amide bonds. The van der Waals surface area contributed by atoms with E-state index in [0.29, 0.717) is 0 Å². The fourth-order valence-corrected chi connectivity index (χ4v) is 3.43. The Bertz CT molecular complexity index is 713. The first-order chi connectivity index (χ1) is 10.5. The minimum Gasteiger partial charge on any atom is -0.292 e. The van der Waals surface area contributed by atoms with E-state index in [2.05, 4.69) is 32.9 Å². The van der Waals surface area contributed by atoms with Crippen LogP contribution in [-0.2, 0) is 0 Å². The fraction of sp³-hybridized carbons (Fsp3) is 0.316. The summed E-state index contributed by atoms with van der Waals surface area (Å²) in [5.41, 5.74) is 6.77. The maximum Gasteiger partial charge on any atom is 0.329 e. The minimum atomic E-state index is 0.0735. The Morgan fingerprint density at radius 3 is 2.05 bits per heavy atom. The smallest absolute Gasteiger partial charge is 0.292 e. The SMILES string of the molecule is Cc1cc(C)c(N2CCN(c3ccccc3C)C2=O)c(C)c1. The lowest BCUT2D eigenvalue weighted by Crippen LogP contribution is -2.32. The molecule has 1 heterocycles. The molecular formula is C19H22N2O. The molecule has 0 spiro atoms. The predicted octanol–water partition coefficient (Wildman–Crippen LogP) is 4.37. The molecule has 1 aliphatic heterocycles. The van der Waals surface area contributed by atoms with Crippen molar-refractivity contribution in [3.8, 4) is 0 Å². The summed E-state index contributed by atoms with van der Waals surface area (Å²) in [5.74, 6) is 0. The maximum absolute atomic E-state index is 12.9. The van der Waals surface area contributed by atoms with Crippen LogP contribution in [0.5, 0.6) is 0 Å². The van der Waals surface area contributed by atoms with Crippen LogP contribution in [-0.4, -0.2) is 19.1 Å². The van der Waals surface area contributed by atoms with Crippen molar-refractivity contribution in [2.45, 2.75) is 27.7 Å². The first-order valence-electron chi connectivity index (χ1n) is 7.71. The number of aryl methyl sites for hydroxylation is 4. The highest BCUT2D eigenvalue weighted by molar-refractivity contribution is 6.07. The second-order valence-corrected chi connectivity index (χ2v) is 6.12. The van der Waals surface area contributed by atoms with Crippen LogP contribution >= 0.6 is 0 Å². The summed E-state index contributed by atoms with van der Waals surface area (Å²) >= 11 is 0. The highest BCUT2D eigenvalue weighted by atomic mass is 16.2. The van der Waals surface area contributed by atoms with E-state index in [4.69, 9.17) is 0 Å². The molecule has 0 bridgehead atoms. The van der Waals surface area contributed by atoms with Gasteiger partial charge in [0.1, 0.15) is 0 Å². The minimum absolute atomic E-state index is 0.0735. The van der Waals surface area contributed by atoms with Gasteiger partial charge in [0.2, 0.25) is 0 Å². The highest BCUT2D eigenvalue weighted by Crippen LogP contribution is 2.32. The van der Waals surface area contributed by atoms with Crippen LogP contribution in [0.15, 0.2) is 36.4 Å². The molecule has 3 heteroatoms. The van der Waals surface area contributed by atoms with Gasteiger partial charge in [-0.25, -0.2) is 4.79 Å². The van der Waals surface area contributed by atoms with E-state index in [-0.39, 0.29) is 6.03 Å². The normalized spacial score (nSPS) is 14.8. The molecule has 0 radical (unpaired) electrons. The van der Waals surface area contributed by atoms with Gasteiger partial charge in [-0.05, 0) is 50.5 Å². The molecule has 1 aliphatic rings. The van der Waals surface area contributed by atoms with Gasteiger partial charge in [-0.1, -0.05) is 35.9 Å². The van der Waals surface area contributed by atoms with Gasteiger partial charge in [-0.2, -0.15) is 0 Å². The number of carbonyl (C=O) groups excluding carboxylic acids is 1. The van der Waals surface area contributed by atoms with E-state index in [1.165, 1.54) is 5.56 Å². The van der Waals surface area contributed by atoms with Gasteiger partial charge in [-0.3, -0.25) is 9.80 Å². The van der Waals surface area contributed by atoms with Crippen molar-refractivity contribution in [1.82, 2.24) is 0 Å². The summed E-state index contributed by atoms with van der Waals surface area (Å²) in [6.45, 7) is 9.77. The molecule has 1 fully saturated rings. The van der Waals surface area contributed by atoms with E-state index in [9.17, 15) is 4.79 Å². The first kappa shape index (κ1) is 14.6. The summed E-state index contributed by atoms with van der Waals surface area (Å²) < 4.78 is 0. The Morgan fingerprint density at radius 1 is 0.818 bits per heavy atom. The molecule has 2 aromatic carbocycles. The van der Waals surface area contributed by atoms with Crippen LogP contribution < -0.4 is 9.80 Å². The summed E-state index contributed by atoms with van der Waals surface area (Å²) in [5, 5.41) is 0. The zero-order chi connectivity index (χ0) is 15.9. The molecule has 0 aliphatic carbocycles.